The van der Waals surface area contributed by atoms with Crippen molar-refractivity contribution in [1.82, 2.24) is 10.2 Å². The number of ether oxygens (including phenoxy) is 2. The second-order valence-corrected chi connectivity index (χ2v) is 8.90. The van der Waals surface area contributed by atoms with Crippen LogP contribution in [0.5, 0.6) is 11.5 Å². The maximum atomic E-state index is 13.1. The highest BCUT2D eigenvalue weighted by Crippen LogP contribution is 2.38. The Hall–Kier alpha value is -3.05. The second-order valence-electron chi connectivity index (χ2n) is 8.90. The van der Waals surface area contributed by atoms with E-state index in [9.17, 15) is 4.79 Å². The summed E-state index contributed by atoms with van der Waals surface area (Å²) in [6.07, 6.45) is 4.33. The monoisotopic (exact) mass is 430 g/mol. The second kappa shape index (κ2) is 8.83. The third kappa shape index (κ3) is 3.93. The van der Waals surface area contributed by atoms with Gasteiger partial charge in [0.2, 0.25) is 0 Å². The number of amides is 1. The van der Waals surface area contributed by atoms with Gasteiger partial charge in [0, 0.05) is 35.8 Å². The Morgan fingerprint density at radius 1 is 0.969 bits per heavy atom. The van der Waals surface area contributed by atoms with Crippen LogP contribution >= 0.6 is 0 Å². The maximum Gasteiger partial charge on any atom is 0.252 e. The lowest BCUT2D eigenvalue weighted by Crippen LogP contribution is -2.50. The van der Waals surface area contributed by atoms with Crippen molar-refractivity contribution >= 4 is 16.7 Å². The highest BCUT2D eigenvalue weighted by molar-refractivity contribution is 6.07. The zero-order valence-corrected chi connectivity index (χ0v) is 18.7. The van der Waals surface area contributed by atoms with E-state index >= 15 is 0 Å². The van der Waals surface area contributed by atoms with Gasteiger partial charge in [-0.05, 0) is 60.7 Å². The average Bonchev–Trinajstić information content (AvgIpc) is 3.05. The first-order chi connectivity index (χ1) is 15.7. The molecule has 2 fully saturated rings. The summed E-state index contributed by atoms with van der Waals surface area (Å²) in [7, 11) is 3.41. The summed E-state index contributed by atoms with van der Waals surface area (Å²) in [5, 5.41) is 5.45. The molecule has 1 amide bonds. The number of carbonyl (C=O) groups excluding carboxylic acids is 1. The lowest BCUT2D eigenvalue weighted by molar-refractivity contribution is 0.0827. The third-order valence-corrected chi connectivity index (χ3v) is 7.09. The lowest BCUT2D eigenvalue weighted by Gasteiger charge is -2.39. The van der Waals surface area contributed by atoms with Crippen LogP contribution in [0, 0.1) is 0 Å². The van der Waals surface area contributed by atoms with Gasteiger partial charge >= 0.3 is 0 Å². The predicted molar refractivity (Wildman–Crippen MR) is 126 cm³/mol. The van der Waals surface area contributed by atoms with E-state index in [1.54, 1.807) is 14.2 Å². The molecule has 0 aliphatic carbocycles. The number of carbonyl (C=O) groups is 1. The Labute approximate surface area is 189 Å². The first-order valence-corrected chi connectivity index (χ1v) is 11.4. The number of rotatable bonds is 6. The molecule has 5 nitrogen and oxygen atoms in total. The fourth-order valence-corrected chi connectivity index (χ4v) is 5.54. The molecule has 166 valence electrons. The van der Waals surface area contributed by atoms with Gasteiger partial charge < -0.3 is 14.8 Å². The minimum Gasteiger partial charge on any atom is -0.497 e. The van der Waals surface area contributed by atoms with E-state index in [0.717, 1.165) is 52.8 Å². The van der Waals surface area contributed by atoms with Gasteiger partial charge in [0.05, 0.1) is 14.2 Å². The number of hydrogen-bond acceptors (Lipinski definition) is 4. The Morgan fingerprint density at radius 2 is 1.72 bits per heavy atom. The fraction of sp³-hybridized carbons (Fsp3) is 0.370. The summed E-state index contributed by atoms with van der Waals surface area (Å²) < 4.78 is 11.0. The Bertz CT molecular complexity index is 1110. The van der Waals surface area contributed by atoms with Crippen molar-refractivity contribution in [1.29, 1.82) is 0 Å². The molecule has 2 aliphatic rings. The minimum absolute atomic E-state index is 0.0362. The number of hydrogen-bond donors (Lipinski definition) is 1. The van der Waals surface area contributed by atoms with Gasteiger partial charge in [-0.3, -0.25) is 9.69 Å². The van der Waals surface area contributed by atoms with Gasteiger partial charge in [0.1, 0.15) is 11.5 Å². The first-order valence-electron chi connectivity index (χ1n) is 11.4. The Kier molecular flexibility index (Phi) is 5.75. The van der Waals surface area contributed by atoms with Crippen LogP contribution in [-0.2, 0) is 6.54 Å². The van der Waals surface area contributed by atoms with Crippen LogP contribution < -0.4 is 14.8 Å². The van der Waals surface area contributed by atoms with E-state index in [-0.39, 0.29) is 11.9 Å². The van der Waals surface area contributed by atoms with E-state index in [2.05, 4.69) is 28.4 Å². The molecular formula is C27H30N2O3. The first kappa shape index (κ1) is 20.8. The number of fused-ring (bicyclic) bond motifs is 3. The van der Waals surface area contributed by atoms with Crippen molar-refractivity contribution in [3.8, 4) is 11.5 Å². The van der Waals surface area contributed by atoms with E-state index in [0.29, 0.717) is 12.1 Å². The molecule has 2 aliphatic heterocycles. The van der Waals surface area contributed by atoms with Gasteiger partial charge in [-0.2, -0.15) is 0 Å². The zero-order chi connectivity index (χ0) is 22.1. The molecule has 2 atom stereocenters. The number of methoxy groups -OCH3 is 2. The standard InChI is InChI=1S/C27H30N2O3/c1-31-23-12-13-26(32-2)19(14-23)17-29-21-10-11-22(29)16-20(15-21)28-27(30)25-9-5-7-18-6-3-4-8-24(18)25/h3-9,12-14,20-22H,10-11,15-17H2,1-2H3,(H,28,30). The van der Waals surface area contributed by atoms with Crippen LogP contribution in [0.1, 0.15) is 41.6 Å². The van der Waals surface area contributed by atoms with Crippen LogP contribution in [-0.4, -0.2) is 43.2 Å². The van der Waals surface area contributed by atoms with Crippen LogP contribution in [0.15, 0.2) is 60.7 Å². The highest BCUT2D eigenvalue weighted by atomic mass is 16.5. The van der Waals surface area contributed by atoms with Crippen molar-refractivity contribution in [3.05, 3.63) is 71.8 Å². The van der Waals surface area contributed by atoms with E-state index in [4.69, 9.17) is 9.47 Å². The van der Waals surface area contributed by atoms with Crippen LogP contribution in [0.25, 0.3) is 10.8 Å². The summed E-state index contributed by atoms with van der Waals surface area (Å²) in [6.45, 7) is 0.847. The third-order valence-electron chi connectivity index (χ3n) is 7.09. The highest BCUT2D eigenvalue weighted by Gasteiger charge is 2.41. The van der Waals surface area contributed by atoms with Crippen molar-refractivity contribution in [2.75, 3.05) is 14.2 Å². The van der Waals surface area contributed by atoms with E-state index in [1.807, 2.05) is 42.5 Å². The van der Waals surface area contributed by atoms with E-state index < -0.39 is 0 Å². The SMILES string of the molecule is COc1ccc(OC)c(CN2C3CCC2CC(NC(=O)c2cccc4ccccc24)C3)c1. The molecule has 2 heterocycles. The molecule has 3 aromatic rings. The summed E-state index contributed by atoms with van der Waals surface area (Å²) in [5.74, 6) is 1.79. The molecule has 1 N–H and O–H groups in total. The summed E-state index contributed by atoms with van der Waals surface area (Å²) >= 11 is 0. The van der Waals surface area contributed by atoms with E-state index in [1.165, 1.54) is 12.8 Å². The van der Waals surface area contributed by atoms with Gasteiger partial charge in [-0.25, -0.2) is 0 Å². The molecule has 2 unspecified atom stereocenters. The van der Waals surface area contributed by atoms with Crippen LogP contribution in [0.3, 0.4) is 0 Å². The average molecular weight is 431 g/mol. The minimum atomic E-state index is 0.0362. The Morgan fingerprint density at radius 3 is 2.47 bits per heavy atom. The molecule has 0 aromatic heterocycles. The maximum absolute atomic E-state index is 13.1. The molecule has 2 bridgehead atoms. The number of nitrogens with zero attached hydrogens (tertiary/aromatic N) is 1. The summed E-state index contributed by atoms with van der Waals surface area (Å²) in [5.41, 5.74) is 1.92. The van der Waals surface area contributed by atoms with Crippen LogP contribution in [0.2, 0.25) is 0 Å². The molecular weight excluding hydrogens is 400 g/mol. The predicted octanol–water partition coefficient (Wildman–Crippen LogP) is 4.78. The summed E-state index contributed by atoms with van der Waals surface area (Å²) in [4.78, 5) is 15.7. The summed E-state index contributed by atoms with van der Waals surface area (Å²) in [6, 6.07) is 21.2. The number of piperidine rings is 1. The van der Waals surface area contributed by atoms with Gasteiger partial charge in [0.25, 0.3) is 5.91 Å². The topological polar surface area (TPSA) is 50.8 Å². The molecule has 5 rings (SSSR count). The smallest absolute Gasteiger partial charge is 0.252 e. The molecule has 32 heavy (non-hydrogen) atoms. The molecule has 3 aromatic carbocycles. The molecule has 0 saturated carbocycles. The van der Waals surface area contributed by atoms with Crippen molar-refractivity contribution in [3.63, 3.8) is 0 Å². The molecule has 2 saturated heterocycles. The Balaban J connectivity index is 1.29. The van der Waals surface area contributed by atoms with Gasteiger partial charge in [-0.1, -0.05) is 36.4 Å². The fourth-order valence-electron chi connectivity index (χ4n) is 5.54. The normalized spacial score (nSPS) is 22.6. The number of nitrogens with one attached hydrogen (secondary N) is 1. The van der Waals surface area contributed by atoms with Gasteiger partial charge in [0.15, 0.2) is 0 Å². The van der Waals surface area contributed by atoms with Gasteiger partial charge in [-0.15, -0.1) is 0 Å². The molecule has 5 heteroatoms. The number of benzene rings is 3. The quantitative estimate of drug-likeness (QED) is 0.611. The van der Waals surface area contributed by atoms with Crippen molar-refractivity contribution in [2.24, 2.45) is 0 Å². The van der Waals surface area contributed by atoms with Crippen molar-refractivity contribution in [2.45, 2.75) is 50.4 Å². The molecule has 0 spiro atoms. The zero-order valence-electron chi connectivity index (χ0n) is 18.7. The molecule has 0 radical (unpaired) electrons. The van der Waals surface area contributed by atoms with Crippen molar-refractivity contribution < 1.29 is 14.3 Å². The lowest BCUT2D eigenvalue weighted by atomic mass is 9.95. The van der Waals surface area contributed by atoms with Crippen LogP contribution in [0.4, 0.5) is 0 Å². The largest absolute Gasteiger partial charge is 0.497 e.